The Hall–Kier alpha value is -1.69. The van der Waals surface area contributed by atoms with E-state index in [1.54, 1.807) is 11.8 Å². The van der Waals surface area contributed by atoms with Crippen molar-refractivity contribution in [3.63, 3.8) is 0 Å². The Morgan fingerprint density at radius 3 is 2.78 bits per heavy atom. The van der Waals surface area contributed by atoms with E-state index in [1.807, 2.05) is 38.2 Å². The van der Waals surface area contributed by atoms with Crippen molar-refractivity contribution in [3.05, 3.63) is 24.3 Å². The Labute approximate surface area is 141 Å². The van der Waals surface area contributed by atoms with Crippen molar-refractivity contribution in [2.45, 2.75) is 38.3 Å². The first-order chi connectivity index (χ1) is 11.2. The molecule has 1 aromatic carbocycles. The van der Waals surface area contributed by atoms with E-state index in [9.17, 15) is 4.79 Å². The highest BCUT2D eigenvalue weighted by Crippen LogP contribution is 2.30. The topological polar surface area (TPSA) is 53.9 Å². The van der Waals surface area contributed by atoms with E-state index < -0.39 is 0 Å². The number of benzene rings is 1. The molecule has 3 rings (SSSR count). The van der Waals surface area contributed by atoms with Crippen LogP contribution >= 0.6 is 11.8 Å². The standard InChI is InChI=1S/C17H23N3O2S/c1-3-22-15-8-6-12(7-9-15)18-16(21)10-14-11-23-17(20(14)2)19-13-4-5-13/h6-9,13-14H,3-5,10-11H2,1-2H3,(H,18,21). The molecule has 0 aromatic heterocycles. The molecule has 0 radical (unpaired) electrons. The number of amides is 1. The first-order valence-corrected chi connectivity index (χ1v) is 9.10. The average molecular weight is 333 g/mol. The van der Waals surface area contributed by atoms with Crippen molar-refractivity contribution in [2.24, 2.45) is 4.99 Å². The van der Waals surface area contributed by atoms with Gasteiger partial charge in [-0.25, -0.2) is 0 Å². The van der Waals surface area contributed by atoms with Gasteiger partial charge in [-0.15, -0.1) is 0 Å². The van der Waals surface area contributed by atoms with E-state index >= 15 is 0 Å². The zero-order valence-electron chi connectivity index (χ0n) is 13.6. The van der Waals surface area contributed by atoms with Gasteiger partial charge in [0.25, 0.3) is 0 Å². The summed E-state index contributed by atoms with van der Waals surface area (Å²) >= 11 is 1.76. The zero-order chi connectivity index (χ0) is 16.2. The highest BCUT2D eigenvalue weighted by Gasteiger charge is 2.31. The Balaban J connectivity index is 1.51. The number of hydrogen-bond donors (Lipinski definition) is 1. The highest BCUT2D eigenvalue weighted by molar-refractivity contribution is 8.14. The van der Waals surface area contributed by atoms with Gasteiger partial charge in [-0.3, -0.25) is 9.79 Å². The molecule has 1 heterocycles. The van der Waals surface area contributed by atoms with E-state index in [1.165, 1.54) is 12.8 Å². The lowest BCUT2D eigenvalue weighted by molar-refractivity contribution is -0.116. The van der Waals surface area contributed by atoms with Crippen LogP contribution in [0.1, 0.15) is 26.2 Å². The number of hydrogen-bond acceptors (Lipinski definition) is 4. The van der Waals surface area contributed by atoms with E-state index in [0.717, 1.165) is 22.4 Å². The molecule has 1 unspecified atom stereocenters. The minimum absolute atomic E-state index is 0.0410. The molecule has 0 bridgehead atoms. The number of anilines is 1. The molecule has 1 aliphatic heterocycles. The summed E-state index contributed by atoms with van der Waals surface area (Å²) in [5, 5.41) is 4.05. The molecule has 6 heteroatoms. The van der Waals surface area contributed by atoms with Crippen molar-refractivity contribution in [1.29, 1.82) is 0 Å². The van der Waals surface area contributed by atoms with Crippen LogP contribution in [0.3, 0.4) is 0 Å². The molecule has 1 amide bonds. The van der Waals surface area contributed by atoms with Crippen LogP contribution in [0.5, 0.6) is 5.75 Å². The molecule has 124 valence electrons. The molecule has 23 heavy (non-hydrogen) atoms. The van der Waals surface area contributed by atoms with Gasteiger partial charge in [0.2, 0.25) is 5.91 Å². The monoisotopic (exact) mass is 333 g/mol. The highest BCUT2D eigenvalue weighted by atomic mass is 32.2. The summed E-state index contributed by atoms with van der Waals surface area (Å²) in [4.78, 5) is 19.1. The number of aliphatic imine (C=N–C) groups is 1. The van der Waals surface area contributed by atoms with Gasteiger partial charge < -0.3 is 15.0 Å². The maximum atomic E-state index is 12.2. The van der Waals surface area contributed by atoms with E-state index in [0.29, 0.717) is 19.1 Å². The van der Waals surface area contributed by atoms with Gasteiger partial charge in [0.1, 0.15) is 5.75 Å². The normalized spacial score (nSPS) is 22.4. The summed E-state index contributed by atoms with van der Waals surface area (Å²) in [6.45, 7) is 2.59. The van der Waals surface area contributed by atoms with Crippen LogP contribution in [0.4, 0.5) is 5.69 Å². The van der Waals surface area contributed by atoms with Crippen molar-refractivity contribution >= 4 is 28.5 Å². The summed E-state index contributed by atoms with van der Waals surface area (Å²) < 4.78 is 5.40. The van der Waals surface area contributed by atoms with Crippen LogP contribution in [0.15, 0.2) is 29.3 Å². The third kappa shape index (κ3) is 4.41. The third-order valence-electron chi connectivity index (χ3n) is 3.96. The number of rotatable bonds is 6. The maximum Gasteiger partial charge on any atom is 0.226 e. The molecule has 1 saturated carbocycles. The van der Waals surface area contributed by atoms with Crippen molar-refractivity contribution in [1.82, 2.24) is 4.90 Å². The van der Waals surface area contributed by atoms with Crippen molar-refractivity contribution in [2.75, 3.05) is 24.7 Å². The van der Waals surface area contributed by atoms with Gasteiger partial charge in [0.15, 0.2) is 5.17 Å². The van der Waals surface area contributed by atoms with E-state index in [2.05, 4.69) is 10.2 Å². The minimum atomic E-state index is 0.0410. The molecular formula is C17H23N3O2S. The van der Waals surface area contributed by atoms with Crippen molar-refractivity contribution in [3.8, 4) is 5.75 Å². The molecule has 0 spiro atoms. The minimum Gasteiger partial charge on any atom is -0.494 e. The summed E-state index contributed by atoms with van der Waals surface area (Å²) in [7, 11) is 2.04. The van der Waals surface area contributed by atoms with Crippen LogP contribution < -0.4 is 10.1 Å². The fourth-order valence-electron chi connectivity index (χ4n) is 2.45. The van der Waals surface area contributed by atoms with Gasteiger partial charge >= 0.3 is 0 Å². The molecule has 1 N–H and O–H groups in total. The summed E-state index contributed by atoms with van der Waals surface area (Å²) in [6.07, 6.45) is 2.90. The predicted molar refractivity (Wildman–Crippen MR) is 95.3 cm³/mol. The van der Waals surface area contributed by atoms with Crippen LogP contribution in [0.25, 0.3) is 0 Å². The lowest BCUT2D eigenvalue weighted by atomic mass is 10.2. The smallest absolute Gasteiger partial charge is 0.226 e. The Kier molecular flexibility index (Phi) is 5.10. The van der Waals surface area contributed by atoms with Crippen LogP contribution in [-0.2, 0) is 4.79 Å². The Bertz CT molecular complexity index is 584. The van der Waals surface area contributed by atoms with Crippen LogP contribution in [0.2, 0.25) is 0 Å². The number of carbonyl (C=O) groups is 1. The van der Waals surface area contributed by atoms with Crippen LogP contribution in [0, 0.1) is 0 Å². The molecule has 5 nitrogen and oxygen atoms in total. The van der Waals surface area contributed by atoms with Crippen LogP contribution in [-0.4, -0.2) is 47.5 Å². The first kappa shape index (κ1) is 16.2. The van der Waals surface area contributed by atoms with Gasteiger partial charge in [0.05, 0.1) is 12.6 Å². The number of carbonyl (C=O) groups excluding carboxylic acids is 1. The SMILES string of the molecule is CCOc1ccc(NC(=O)CC2CSC(=NC3CC3)N2C)cc1. The largest absolute Gasteiger partial charge is 0.494 e. The first-order valence-electron chi connectivity index (χ1n) is 8.12. The third-order valence-corrected chi connectivity index (χ3v) is 5.17. The molecule has 2 fully saturated rings. The van der Waals surface area contributed by atoms with Crippen molar-refractivity contribution < 1.29 is 9.53 Å². The molecule has 2 aliphatic rings. The fraction of sp³-hybridized carbons (Fsp3) is 0.529. The number of amidine groups is 1. The molecule has 1 saturated heterocycles. The molecule has 1 aliphatic carbocycles. The number of nitrogens with one attached hydrogen (secondary N) is 1. The number of nitrogens with zero attached hydrogens (tertiary/aromatic N) is 2. The Morgan fingerprint density at radius 2 is 2.13 bits per heavy atom. The predicted octanol–water partition coefficient (Wildman–Crippen LogP) is 2.98. The summed E-state index contributed by atoms with van der Waals surface area (Å²) in [5.41, 5.74) is 0.804. The summed E-state index contributed by atoms with van der Waals surface area (Å²) in [6, 6.07) is 8.23. The lowest BCUT2D eigenvalue weighted by Crippen LogP contribution is -2.33. The second-order valence-corrected chi connectivity index (χ2v) is 6.92. The maximum absolute atomic E-state index is 12.2. The van der Waals surface area contributed by atoms with E-state index in [4.69, 9.17) is 9.73 Å². The van der Waals surface area contributed by atoms with Gasteiger partial charge in [-0.2, -0.15) is 0 Å². The van der Waals surface area contributed by atoms with E-state index in [-0.39, 0.29) is 11.9 Å². The fourth-order valence-corrected chi connectivity index (χ4v) is 3.71. The quantitative estimate of drug-likeness (QED) is 0.869. The number of thioether (sulfide) groups is 1. The number of ether oxygens (including phenoxy) is 1. The second kappa shape index (κ2) is 7.25. The van der Waals surface area contributed by atoms with Gasteiger partial charge in [-0.05, 0) is 44.0 Å². The molecule has 1 aromatic rings. The average Bonchev–Trinajstić information content (AvgIpc) is 3.29. The second-order valence-electron chi connectivity index (χ2n) is 5.93. The zero-order valence-corrected chi connectivity index (χ0v) is 14.4. The summed E-state index contributed by atoms with van der Waals surface area (Å²) in [5.74, 6) is 1.79. The van der Waals surface area contributed by atoms with Gasteiger partial charge in [-0.1, -0.05) is 11.8 Å². The molecule has 1 atom stereocenters. The lowest BCUT2D eigenvalue weighted by Gasteiger charge is -2.20. The Morgan fingerprint density at radius 1 is 1.39 bits per heavy atom. The van der Waals surface area contributed by atoms with Gasteiger partial charge in [0, 0.05) is 31.0 Å². The molecular weight excluding hydrogens is 310 g/mol.